The molecule has 7 heteroatoms. The molecule has 2 aromatic rings. The number of thiophene rings is 1. The minimum Gasteiger partial charge on any atom is -0.368 e. The molecule has 0 fully saturated rings. The molecule has 2 rings (SSSR count). The van der Waals surface area contributed by atoms with Gasteiger partial charge in [-0.3, -0.25) is 14.4 Å². The summed E-state index contributed by atoms with van der Waals surface area (Å²) in [5, 5.41) is 7.14. The predicted octanol–water partition coefficient (Wildman–Crippen LogP) is 1.99. The van der Waals surface area contributed by atoms with Crippen molar-refractivity contribution in [3.8, 4) is 0 Å². The van der Waals surface area contributed by atoms with Crippen LogP contribution in [0.5, 0.6) is 0 Å². The number of carbonyl (C=O) groups excluding carboxylic acids is 3. The number of benzene rings is 1. The van der Waals surface area contributed by atoms with Gasteiger partial charge in [0.2, 0.25) is 5.91 Å². The first-order chi connectivity index (χ1) is 11.0. The van der Waals surface area contributed by atoms with Crippen molar-refractivity contribution < 1.29 is 14.4 Å². The highest BCUT2D eigenvalue weighted by molar-refractivity contribution is 7.12. The summed E-state index contributed by atoms with van der Waals surface area (Å²) >= 11 is 1.35. The van der Waals surface area contributed by atoms with Gasteiger partial charge < -0.3 is 16.4 Å². The Balaban J connectivity index is 2.00. The summed E-state index contributed by atoms with van der Waals surface area (Å²) in [4.78, 5) is 35.7. The number of anilines is 1. The Bertz CT molecular complexity index is 696. The molecule has 0 saturated heterocycles. The van der Waals surface area contributed by atoms with E-state index in [0.29, 0.717) is 22.5 Å². The van der Waals surface area contributed by atoms with Gasteiger partial charge in [-0.2, -0.15) is 0 Å². The van der Waals surface area contributed by atoms with E-state index in [4.69, 9.17) is 5.73 Å². The molecule has 6 nitrogen and oxygen atoms in total. The molecule has 1 heterocycles. The number of carbonyl (C=O) groups is 3. The van der Waals surface area contributed by atoms with Gasteiger partial charge in [-0.25, -0.2) is 0 Å². The molecule has 0 aliphatic carbocycles. The highest BCUT2D eigenvalue weighted by Gasteiger charge is 2.16. The van der Waals surface area contributed by atoms with Gasteiger partial charge in [0, 0.05) is 11.3 Å². The smallest absolute Gasteiger partial charge is 0.265 e. The van der Waals surface area contributed by atoms with E-state index < -0.39 is 11.9 Å². The van der Waals surface area contributed by atoms with Crippen molar-refractivity contribution in [1.82, 2.24) is 5.32 Å². The largest absolute Gasteiger partial charge is 0.368 e. The number of nitrogens with one attached hydrogen (secondary N) is 2. The van der Waals surface area contributed by atoms with Crippen LogP contribution in [-0.2, 0) is 4.79 Å². The minimum atomic E-state index is -0.694. The normalized spacial score (nSPS) is 11.5. The van der Waals surface area contributed by atoms with Gasteiger partial charge in [0.05, 0.1) is 4.88 Å². The number of hydrogen-bond donors (Lipinski definition) is 3. The fraction of sp³-hybridized carbons (Fsp3) is 0.188. The molecular weight excluding hydrogens is 314 g/mol. The van der Waals surface area contributed by atoms with Crippen molar-refractivity contribution in [2.45, 2.75) is 19.4 Å². The zero-order valence-electron chi connectivity index (χ0n) is 12.5. The van der Waals surface area contributed by atoms with Crippen LogP contribution in [0.25, 0.3) is 0 Å². The first kappa shape index (κ1) is 16.7. The number of amides is 3. The molecule has 1 aromatic carbocycles. The maximum absolute atomic E-state index is 12.0. The molecule has 1 atom stereocenters. The molecule has 0 aliphatic rings. The van der Waals surface area contributed by atoms with E-state index in [1.807, 2.05) is 5.38 Å². The van der Waals surface area contributed by atoms with E-state index in [1.165, 1.54) is 11.3 Å². The molecule has 0 unspecified atom stereocenters. The Morgan fingerprint density at radius 3 is 2.35 bits per heavy atom. The van der Waals surface area contributed by atoms with Gasteiger partial charge in [0.25, 0.3) is 11.8 Å². The van der Waals surface area contributed by atoms with E-state index >= 15 is 0 Å². The first-order valence-corrected chi connectivity index (χ1v) is 7.94. The Morgan fingerprint density at radius 2 is 1.83 bits per heavy atom. The second-order valence-corrected chi connectivity index (χ2v) is 5.79. The maximum atomic E-state index is 12.0. The van der Waals surface area contributed by atoms with E-state index in [1.54, 1.807) is 43.3 Å². The molecule has 0 spiro atoms. The summed E-state index contributed by atoms with van der Waals surface area (Å²) in [7, 11) is 0. The fourth-order valence-corrected chi connectivity index (χ4v) is 2.54. The first-order valence-electron chi connectivity index (χ1n) is 7.06. The molecule has 0 saturated carbocycles. The lowest BCUT2D eigenvalue weighted by Crippen LogP contribution is -2.43. The summed E-state index contributed by atoms with van der Waals surface area (Å²) in [6.07, 6.45) is 0.427. The second kappa shape index (κ2) is 7.55. The quantitative estimate of drug-likeness (QED) is 0.754. The average molecular weight is 331 g/mol. The van der Waals surface area contributed by atoms with Crippen molar-refractivity contribution >= 4 is 34.7 Å². The standard InChI is InChI=1S/C16H17N3O3S/c1-2-12(14(17)20)19-15(21)10-5-7-11(8-6-10)18-16(22)13-4-3-9-23-13/h3-9,12H,2H2,1H3,(H2,17,20)(H,18,22)(H,19,21)/t12-/m0/s1. The van der Waals surface area contributed by atoms with Gasteiger partial charge in [0.15, 0.2) is 0 Å². The van der Waals surface area contributed by atoms with Crippen LogP contribution >= 0.6 is 11.3 Å². The molecule has 120 valence electrons. The van der Waals surface area contributed by atoms with Crippen LogP contribution in [0.4, 0.5) is 5.69 Å². The van der Waals surface area contributed by atoms with E-state index in [0.717, 1.165) is 0 Å². The van der Waals surface area contributed by atoms with E-state index in [2.05, 4.69) is 10.6 Å². The Morgan fingerprint density at radius 1 is 1.13 bits per heavy atom. The lowest BCUT2D eigenvalue weighted by Gasteiger charge is -2.13. The summed E-state index contributed by atoms with van der Waals surface area (Å²) in [5.74, 6) is -1.15. The Kier molecular flexibility index (Phi) is 5.48. The number of nitrogens with two attached hydrogens (primary N) is 1. The van der Waals surface area contributed by atoms with Crippen LogP contribution in [0.3, 0.4) is 0 Å². The second-order valence-electron chi connectivity index (χ2n) is 4.85. The predicted molar refractivity (Wildman–Crippen MR) is 89.5 cm³/mol. The zero-order chi connectivity index (χ0) is 16.8. The highest BCUT2D eigenvalue weighted by atomic mass is 32.1. The lowest BCUT2D eigenvalue weighted by atomic mass is 10.1. The minimum absolute atomic E-state index is 0.197. The molecule has 0 aliphatic heterocycles. The SMILES string of the molecule is CC[C@H](NC(=O)c1ccc(NC(=O)c2cccs2)cc1)C(N)=O. The van der Waals surface area contributed by atoms with Gasteiger partial charge in [-0.1, -0.05) is 13.0 Å². The highest BCUT2D eigenvalue weighted by Crippen LogP contribution is 2.14. The summed E-state index contributed by atoms with van der Waals surface area (Å²) in [5.41, 5.74) is 6.17. The number of rotatable bonds is 6. The zero-order valence-corrected chi connectivity index (χ0v) is 13.4. The molecular formula is C16H17N3O3S. The van der Waals surface area contributed by atoms with Gasteiger partial charge in [0.1, 0.15) is 6.04 Å². The van der Waals surface area contributed by atoms with Crippen LogP contribution in [0, 0.1) is 0 Å². The molecule has 0 radical (unpaired) electrons. The maximum Gasteiger partial charge on any atom is 0.265 e. The molecule has 3 amide bonds. The van der Waals surface area contributed by atoms with E-state index in [9.17, 15) is 14.4 Å². The van der Waals surface area contributed by atoms with Crippen molar-refractivity contribution in [2.75, 3.05) is 5.32 Å². The van der Waals surface area contributed by atoms with Gasteiger partial charge in [-0.15, -0.1) is 11.3 Å². The van der Waals surface area contributed by atoms with Crippen LogP contribution in [0.1, 0.15) is 33.4 Å². The average Bonchev–Trinajstić information content (AvgIpc) is 3.07. The third kappa shape index (κ3) is 4.40. The fourth-order valence-electron chi connectivity index (χ4n) is 1.92. The molecule has 23 heavy (non-hydrogen) atoms. The van der Waals surface area contributed by atoms with Crippen molar-refractivity contribution in [2.24, 2.45) is 5.73 Å². The summed E-state index contributed by atoms with van der Waals surface area (Å²) in [6, 6.07) is 9.25. The van der Waals surface area contributed by atoms with E-state index in [-0.39, 0.29) is 11.8 Å². The molecule has 1 aromatic heterocycles. The van der Waals surface area contributed by atoms with Crippen LogP contribution in [0.2, 0.25) is 0 Å². The van der Waals surface area contributed by atoms with Crippen molar-refractivity contribution in [1.29, 1.82) is 0 Å². The number of primary amides is 1. The summed E-state index contributed by atoms with van der Waals surface area (Å²) in [6.45, 7) is 1.76. The molecule has 4 N–H and O–H groups in total. The number of hydrogen-bond acceptors (Lipinski definition) is 4. The monoisotopic (exact) mass is 331 g/mol. The third-order valence-electron chi connectivity index (χ3n) is 3.21. The summed E-state index contributed by atoms with van der Waals surface area (Å²) < 4.78 is 0. The van der Waals surface area contributed by atoms with Crippen LogP contribution < -0.4 is 16.4 Å². The molecule has 0 bridgehead atoms. The topological polar surface area (TPSA) is 101 Å². The Labute approximate surface area is 137 Å². The van der Waals surface area contributed by atoms with Crippen molar-refractivity contribution in [3.05, 3.63) is 52.2 Å². The van der Waals surface area contributed by atoms with Crippen molar-refractivity contribution in [3.63, 3.8) is 0 Å². The van der Waals surface area contributed by atoms with Crippen LogP contribution in [-0.4, -0.2) is 23.8 Å². The Hall–Kier alpha value is -2.67. The lowest BCUT2D eigenvalue weighted by molar-refractivity contribution is -0.119. The van der Waals surface area contributed by atoms with Crippen LogP contribution in [0.15, 0.2) is 41.8 Å². The van der Waals surface area contributed by atoms with Gasteiger partial charge >= 0.3 is 0 Å². The van der Waals surface area contributed by atoms with Gasteiger partial charge in [-0.05, 0) is 42.1 Å². The third-order valence-corrected chi connectivity index (χ3v) is 4.08.